The van der Waals surface area contributed by atoms with Crippen molar-refractivity contribution in [1.29, 1.82) is 0 Å². The number of rotatable bonds is 8. The molecule has 1 atom stereocenters. The van der Waals surface area contributed by atoms with Crippen LogP contribution >= 0.6 is 11.6 Å². The van der Waals surface area contributed by atoms with Gasteiger partial charge in [0.2, 0.25) is 15.9 Å². The van der Waals surface area contributed by atoms with E-state index in [1.165, 1.54) is 14.2 Å². The summed E-state index contributed by atoms with van der Waals surface area (Å²) in [6, 6.07) is 6.95. The fourth-order valence-electron chi connectivity index (χ4n) is 2.96. The summed E-state index contributed by atoms with van der Waals surface area (Å²) in [4.78, 5) is 12.6. The number of nitrogens with zero attached hydrogens (tertiary/aromatic N) is 1. The van der Waals surface area contributed by atoms with Crippen LogP contribution in [0.4, 0.5) is 18.9 Å². The number of carbonyl (C=O) groups is 1. The number of hydrogen-bond acceptors (Lipinski definition) is 5. The lowest BCUT2D eigenvalue weighted by Gasteiger charge is -2.25. The summed E-state index contributed by atoms with van der Waals surface area (Å²) in [7, 11) is -1.17. The fourth-order valence-corrected chi connectivity index (χ4v) is 4.03. The van der Waals surface area contributed by atoms with E-state index in [1.807, 2.05) is 0 Å². The highest BCUT2D eigenvalue weighted by atomic mass is 35.5. The highest BCUT2D eigenvalue weighted by Gasteiger charge is 2.34. The quantitative estimate of drug-likeness (QED) is 0.599. The minimum atomic E-state index is -4.80. The first-order chi connectivity index (χ1) is 14.8. The second-order valence-electron chi connectivity index (χ2n) is 6.83. The maximum Gasteiger partial charge on any atom is 0.417 e. The van der Waals surface area contributed by atoms with E-state index in [2.05, 4.69) is 5.32 Å². The van der Waals surface area contributed by atoms with Gasteiger partial charge in [-0.15, -0.1) is 0 Å². The van der Waals surface area contributed by atoms with Crippen molar-refractivity contribution in [2.45, 2.75) is 19.1 Å². The lowest BCUT2D eigenvalue weighted by molar-refractivity contribution is -0.137. The van der Waals surface area contributed by atoms with E-state index in [1.54, 1.807) is 25.1 Å². The third-order valence-corrected chi connectivity index (χ3v) is 5.98. The Bertz CT molecular complexity index is 1090. The van der Waals surface area contributed by atoms with E-state index < -0.39 is 45.3 Å². The van der Waals surface area contributed by atoms with Gasteiger partial charge in [0, 0.05) is 5.56 Å². The average Bonchev–Trinajstić information content (AvgIpc) is 2.70. The van der Waals surface area contributed by atoms with Crippen molar-refractivity contribution in [3.05, 3.63) is 52.5 Å². The van der Waals surface area contributed by atoms with Gasteiger partial charge in [0.1, 0.15) is 18.0 Å². The topological polar surface area (TPSA) is 84.9 Å². The van der Waals surface area contributed by atoms with Crippen LogP contribution in [0.2, 0.25) is 5.02 Å². The summed E-state index contributed by atoms with van der Waals surface area (Å²) in [5.41, 5.74) is -0.983. The molecule has 0 radical (unpaired) electrons. The molecule has 0 aliphatic heterocycles. The Morgan fingerprint density at radius 2 is 1.81 bits per heavy atom. The number of methoxy groups -OCH3 is 2. The molecule has 0 aromatic heterocycles. The lowest BCUT2D eigenvalue weighted by Crippen LogP contribution is -2.41. The second-order valence-corrected chi connectivity index (χ2v) is 9.14. The maximum absolute atomic E-state index is 13.2. The van der Waals surface area contributed by atoms with E-state index in [4.69, 9.17) is 21.1 Å². The molecule has 2 aromatic carbocycles. The van der Waals surface area contributed by atoms with Crippen molar-refractivity contribution in [2.24, 2.45) is 0 Å². The van der Waals surface area contributed by atoms with Crippen LogP contribution in [0.5, 0.6) is 11.5 Å². The van der Waals surface area contributed by atoms with Gasteiger partial charge in [0.15, 0.2) is 0 Å². The highest BCUT2D eigenvalue weighted by molar-refractivity contribution is 7.92. The SMILES string of the molecule is COc1ccc(OC)c([C@@H](C)NC(=O)CN(c2ccc(Cl)c(C(F)(F)F)c2)S(C)(=O)=O)c1. The first kappa shape index (κ1) is 25.6. The van der Waals surface area contributed by atoms with Crippen LogP contribution < -0.4 is 19.1 Å². The smallest absolute Gasteiger partial charge is 0.417 e. The van der Waals surface area contributed by atoms with Crippen molar-refractivity contribution >= 4 is 33.2 Å². The van der Waals surface area contributed by atoms with Crippen molar-refractivity contribution in [2.75, 3.05) is 31.3 Å². The number of sulfonamides is 1. The molecule has 176 valence electrons. The summed E-state index contributed by atoms with van der Waals surface area (Å²) in [5.74, 6) is 0.239. The van der Waals surface area contributed by atoms with Gasteiger partial charge in [0.25, 0.3) is 0 Å². The van der Waals surface area contributed by atoms with Gasteiger partial charge >= 0.3 is 6.18 Å². The van der Waals surface area contributed by atoms with Crippen LogP contribution in [0, 0.1) is 0 Å². The largest absolute Gasteiger partial charge is 0.497 e. The Labute approximate surface area is 189 Å². The van der Waals surface area contributed by atoms with Crippen LogP contribution in [0.3, 0.4) is 0 Å². The molecule has 0 heterocycles. The third kappa shape index (κ3) is 6.19. The van der Waals surface area contributed by atoms with Gasteiger partial charge in [-0.1, -0.05) is 11.6 Å². The van der Waals surface area contributed by atoms with Crippen LogP contribution in [-0.2, 0) is 21.0 Å². The third-order valence-electron chi connectivity index (χ3n) is 4.51. The van der Waals surface area contributed by atoms with E-state index in [0.717, 1.165) is 18.4 Å². The Hall–Kier alpha value is -2.66. The number of carbonyl (C=O) groups excluding carboxylic acids is 1. The first-order valence-corrected chi connectivity index (χ1v) is 11.4. The lowest BCUT2D eigenvalue weighted by atomic mass is 10.1. The van der Waals surface area contributed by atoms with Gasteiger partial charge in [-0.2, -0.15) is 13.2 Å². The van der Waals surface area contributed by atoms with Gasteiger partial charge in [-0.05, 0) is 43.3 Å². The molecule has 0 fully saturated rings. The van der Waals surface area contributed by atoms with Gasteiger partial charge in [0.05, 0.1) is 42.8 Å². The number of halogens is 4. The molecule has 1 N–H and O–H groups in total. The van der Waals surface area contributed by atoms with E-state index in [9.17, 15) is 26.4 Å². The van der Waals surface area contributed by atoms with Gasteiger partial charge in [-0.3, -0.25) is 9.10 Å². The summed E-state index contributed by atoms with van der Waals surface area (Å²) in [5, 5.41) is 2.04. The summed E-state index contributed by atoms with van der Waals surface area (Å²) in [6.07, 6.45) is -4.01. The van der Waals surface area contributed by atoms with E-state index in [0.29, 0.717) is 27.4 Å². The molecule has 0 saturated heterocycles. The summed E-state index contributed by atoms with van der Waals surface area (Å²) < 4.78 is 75.1. The zero-order valence-corrected chi connectivity index (χ0v) is 19.2. The number of ether oxygens (including phenoxy) is 2. The molecule has 0 aliphatic rings. The predicted molar refractivity (Wildman–Crippen MR) is 115 cm³/mol. The summed E-state index contributed by atoms with van der Waals surface area (Å²) in [6.45, 7) is 0.901. The fraction of sp³-hybridized carbons (Fsp3) is 0.350. The van der Waals surface area contributed by atoms with Crippen LogP contribution in [-0.4, -0.2) is 41.3 Å². The second kappa shape index (κ2) is 9.86. The minimum Gasteiger partial charge on any atom is -0.497 e. The number of alkyl halides is 3. The Morgan fingerprint density at radius 3 is 2.34 bits per heavy atom. The monoisotopic (exact) mass is 494 g/mol. The van der Waals surface area contributed by atoms with E-state index in [-0.39, 0.29) is 5.69 Å². The zero-order chi connectivity index (χ0) is 24.3. The molecule has 0 spiro atoms. The molecule has 0 bridgehead atoms. The number of benzene rings is 2. The van der Waals surface area contributed by atoms with Crippen molar-refractivity contribution < 1.29 is 35.9 Å². The molecule has 12 heteroatoms. The molecule has 2 aromatic rings. The van der Waals surface area contributed by atoms with Crippen LogP contribution in [0.15, 0.2) is 36.4 Å². The number of nitrogens with one attached hydrogen (secondary N) is 1. The minimum absolute atomic E-state index is 0.342. The maximum atomic E-state index is 13.2. The highest BCUT2D eigenvalue weighted by Crippen LogP contribution is 2.37. The zero-order valence-electron chi connectivity index (χ0n) is 17.7. The van der Waals surface area contributed by atoms with Gasteiger partial charge in [-0.25, -0.2) is 8.42 Å². The Morgan fingerprint density at radius 1 is 1.16 bits per heavy atom. The standard InChI is InChI=1S/C20H22ClF3N2O5S/c1-12(15-10-14(30-2)6-8-18(15)31-3)25-19(27)11-26(32(4,28)29)13-5-7-17(21)16(9-13)20(22,23)24/h5-10,12H,11H2,1-4H3,(H,25,27)/t12-/m1/s1. The van der Waals surface area contributed by atoms with E-state index >= 15 is 0 Å². The molecule has 2 rings (SSSR count). The Balaban J connectivity index is 2.31. The van der Waals surface area contributed by atoms with Crippen molar-refractivity contribution in [3.8, 4) is 11.5 Å². The molecular weight excluding hydrogens is 473 g/mol. The molecule has 0 unspecified atom stereocenters. The first-order valence-electron chi connectivity index (χ1n) is 9.13. The molecule has 7 nitrogen and oxygen atoms in total. The number of anilines is 1. The molecular formula is C20H22ClF3N2O5S. The average molecular weight is 495 g/mol. The number of amides is 1. The molecule has 32 heavy (non-hydrogen) atoms. The van der Waals surface area contributed by atoms with Gasteiger partial charge < -0.3 is 14.8 Å². The Kier molecular flexibility index (Phi) is 7.89. The normalized spacial score (nSPS) is 12.8. The predicted octanol–water partition coefficient (Wildman–Crippen LogP) is 4.02. The number of hydrogen-bond donors (Lipinski definition) is 1. The molecule has 0 aliphatic carbocycles. The van der Waals surface area contributed by atoms with Crippen molar-refractivity contribution in [3.63, 3.8) is 0 Å². The molecule has 0 saturated carbocycles. The summed E-state index contributed by atoms with van der Waals surface area (Å²) >= 11 is 5.61. The van der Waals surface area contributed by atoms with Crippen LogP contribution in [0.1, 0.15) is 24.1 Å². The molecule has 1 amide bonds. The van der Waals surface area contributed by atoms with Crippen LogP contribution in [0.25, 0.3) is 0 Å². The van der Waals surface area contributed by atoms with Crippen molar-refractivity contribution in [1.82, 2.24) is 5.32 Å².